The smallest absolute Gasteiger partial charge is 0.323 e. The number of nitrogens with one attached hydrogen (secondary N) is 1. The van der Waals surface area contributed by atoms with Gasteiger partial charge in [0.15, 0.2) is 0 Å². The van der Waals surface area contributed by atoms with Crippen molar-refractivity contribution in [2.24, 2.45) is 5.16 Å². The summed E-state index contributed by atoms with van der Waals surface area (Å²) in [7, 11) is 1.50. The third kappa shape index (κ3) is 5.90. The lowest BCUT2D eigenvalue weighted by Gasteiger charge is -1.99. The second kappa shape index (κ2) is 7.34. The maximum atomic E-state index is 10.6. The molecule has 0 spiro atoms. The zero-order valence-electron chi connectivity index (χ0n) is 8.33. The number of nitrogens with zero attached hydrogens (tertiary/aromatic N) is 1. The SMILES string of the molecule is CC=CCC(CC)=NOC(=O)NC. The molecule has 0 aliphatic heterocycles. The molecule has 0 atom stereocenters. The Bertz CT molecular complexity index is 210. The molecule has 0 fully saturated rings. The van der Waals surface area contributed by atoms with Gasteiger partial charge in [0.05, 0.1) is 5.71 Å². The molecule has 4 heteroatoms. The fraction of sp³-hybridized carbons (Fsp3) is 0.556. The molecule has 4 nitrogen and oxygen atoms in total. The van der Waals surface area contributed by atoms with E-state index in [4.69, 9.17) is 0 Å². The maximum absolute atomic E-state index is 10.6. The molecule has 0 aliphatic carbocycles. The van der Waals surface area contributed by atoms with Gasteiger partial charge in [0.2, 0.25) is 0 Å². The van der Waals surface area contributed by atoms with Gasteiger partial charge < -0.3 is 5.32 Å². The number of hydrogen-bond donors (Lipinski definition) is 1. The van der Waals surface area contributed by atoms with Gasteiger partial charge in [-0.1, -0.05) is 24.2 Å². The van der Waals surface area contributed by atoms with Crippen LogP contribution < -0.4 is 5.32 Å². The summed E-state index contributed by atoms with van der Waals surface area (Å²) in [6.45, 7) is 3.91. The molecular formula is C9H16N2O2. The third-order valence-electron chi connectivity index (χ3n) is 1.46. The van der Waals surface area contributed by atoms with Crippen LogP contribution >= 0.6 is 0 Å². The summed E-state index contributed by atoms with van der Waals surface area (Å²) in [6.07, 6.45) is 4.87. The number of carbonyl (C=O) groups excluding carboxylic acids is 1. The molecule has 0 aromatic heterocycles. The average Bonchev–Trinajstić information content (AvgIpc) is 2.17. The monoisotopic (exact) mass is 184 g/mol. The topological polar surface area (TPSA) is 50.7 Å². The highest BCUT2D eigenvalue weighted by Gasteiger charge is 1.98. The molecule has 0 aromatic rings. The van der Waals surface area contributed by atoms with Crippen molar-refractivity contribution in [3.63, 3.8) is 0 Å². The van der Waals surface area contributed by atoms with E-state index >= 15 is 0 Å². The summed E-state index contributed by atoms with van der Waals surface area (Å²) in [5, 5.41) is 6.02. The Labute approximate surface area is 78.6 Å². The fourth-order valence-corrected chi connectivity index (χ4v) is 0.652. The van der Waals surface area contributed by atoms with Crippen LogP contribution in [0.3, 0.4) is 0 Å². The molecule has 0 saturated carbocycles. The summed E-state index contributed by atoms with van der Waals surface area (Å²) < 4.78 is 0. The summed E-state index contributed by atoms with van der Waals surface area (Å²) in [6, 6.07) is 0. The standard InChI is InChI=1S/C9H16N2O2/c1-4-6-7-8(5-2)11-13-9(12)10-3/h4,6H,5,7H2,1-3H3,(H,10,12). The maximum Gasteiger partial charge on any atom is 0.433 e. The van der Waals surface area contributed by atoms with Crippen molar-refractivity contribution in [1.29, 1.82) is 0 Å². The van der Waals surface area contributed by atoms with Gasteiger partial charge in [-0.2, -0.15) is 0 Å². The molecular weight excluding hydrogens is 168 g/mol. The first-order valence-electron chi connectivity index (χ1n) is 4.30. The van der Waals surface area contributed by atoms with Gasteiger partial charge in [-0.3, -0.25) is 4.84 Å². The Hall–Kier alpha value is -1.32. The minimum Gasteiger partial charge on any atom is -0.323 e. The lowest BCUT2D eigenvalue weighted by molar-refractivity contribution is 0.152. The summed E-state index contributed by atoms with van der Waals surface area (Å²) >= 11 is 0. The zero-order valence-corrected chi connectivity index (χ0v) is 8.33. The Morgan fingerprint density at radius 1 is 1.62 bits per heavy atom. The Morgan fingerprint density at radius 3 is 2.77 bits per heavy atom. The molecule has 0 radical (unpaired) electrons. The minimum absolute atomic E-state index is 0.536. The Morgan fingerprint density at radius 2 is 2.31 bits per heavy atom. The van der Waals surface area contributed by atoms with E-state index in [-0.39, 0.29) is 0 Å². The fourth-order valence-electron chi connectivity index (χ4n) is 0.652. The van der Waals surface area contributed by atoms with E-state index < -0.39 is 6.09 Å². The van der Waals surface area contributed by atoms with Crippen LogP contribution in [0.5, 0.6) is 0 Å². The van der Waals surface area contributed by atoms with Crippen molar-refractivity contribution in [3.8, 4) is 0 Å². The van der Waals surface area contributed by atoms with Gasteiger partial charge in [0, 0.05) is 13.5 Å². The molecule has 0 bridgehead atoms. The predicted octanol–water partition coefficient (Wildman–Crippen LogP) is 2.07. The lowest BCUT2D eigenvalue weighted by atomic mass is 10.2. The molecule has 0 aliphatic rings. The zero-order chi connectivity index (χ0) is 10.1. The van der Waals surface area contributed by atoms with Crippen molar-refractivity contribution >= 4 is 11.8 Å². The van der Waals surface area contributed by atoms with Crippen molar-refractivity contribution in [2.75, 3.05) is 7.05 Å². The quantitative estimate of drug-likeness (QED) is 0.315. The van der Waals surface area contributed by atoms with Crippen LogP contribution in [0.4, 0.5) is 4.79 Å². The highest BCUT2D eigenvalue weighted by molar-refractivity contribution is 5.85. The van der Waals surface area contributed by atoms with Crippen LogP contribution in [0.1, 0.15) is 26.7 Å². The van der Waals surface area contributed by atoms with Crippen LogP contribution in [0.25, 0.3) is 0 Å². The van der Waals surface area contributed by atoms with E-state index in [2.05, 4.69) is 15.3 Å². The van der Waals surface area contributed by atoms with Gasteiger partial charge in [0.25, 0.3) is 0 Å². The number of carbonyl (C=O) groups is 1. The summed E-state index contributed by atoms with van der Waals surface area (Å²) in [4.78, 5) is 15.2. The lowest BCUT2D eigenvalue weighted by Crippen LogP contribution is -2.17. The van der Waals surface area contributed by atoms with Crippen molar-refractivity contribution < 1.29 is 9.63 Å². The molecule has 0 heterocycles. The van der Waals surface area contributed by atoms with Crippen LogP contribution in [0.15, 0.2) is 17.3 Å². The van der Waals surface area contributed by atoms with Gasteiger partial charge >= 0.3 is 6.09 Å². The summed E-state index contributed by atoms with van der Waals surface area (Å²) in [5.41, 5.74) is 0.849. The van der Waals surface area contributed by atoms with Gasteiger partial charge in [-0.05, 0) is 13.3 Å². The molecule has 13 heavy (non-hydrogen) atoms. The van der Waals surface area contributed by atoms with E-state index in [0.717, 1.165) is 18.6 Å². The van der Waals surface area contributed by atoms with Gasteiger partial charge in [0.1, 0.15) is 0 Å². The predicted molar refractivity (Wildman–Crippen MR) is 52.7 cm³/mol. The van der Waals surface area contributed by atoms with E-state index in [0.29, 0.717) is 0 Å². The normalized spacial score (nSPS) is 11.8. The average molecular weight is 184 g/mol. The minimum atomic E-state index is -0.536. The van der Waals surface area contributed by atoms with E-state index in [1.807, 2.05) is 26.0 Å². The highest BCUT2D eigenvalue weighted by Crippen LogP contribution is 1.95. The molecule has 0 unspecified atom stereocenters. The molecule has 0 rings (SSSR count). The molecule has 1 N–H and O–H groups in total. The van der Waals surface area contributed by atoms with E-state index in [1.54, 1.807) is 0 Å². The van der Waals surface area contributed by atoms with E-state index in [9.17, 15) is 4.79 Å². The highest BCUT2D eigenvalue weighted by atomic mass is 16.7. The largest absolute Gasteiger partial charge is 0.433 e. The van der Waals surface area contributed by atoms with Gasteiger partial charge in [-0.25, -0.2) is 4.79 Å². The number of oxime groups is 1. The van der Waals surface area contributed by atoms with Crippen molar-refractivity contribution in [2.45, 2.75) is 26.7 Å². The first kappa shape index (κ1) is 11.7. The first-order valence-corrected chi connectivity index (χ1v) is 4.30. The van der Waals surface area contributed by atoms with Gasteiger partial charge in [-0.15, -0.1) is 0 Å². The van der Waals surface area contributed by atoms with E-state index in [1.165, 1.54) is 7.05 Å². The Balaban J connectivity index is 3.98. The number of hydrogen-bond acceptors (Lipinski definition) is 3. The second-order valence-corrected chi connectivity index (χ2v) is 2.41. The van der Waals surface area contributed by atoms with Crippen LogP contribution in [0, 0.1) is 0 Å². The Kier molecular flexibility index (Phi) is 6.59. The molecule has 74 valence electrons. The number of rotatable bonds is 4. The summed E-state index contributed by atoms with van der Waals surface area (Å²) in [5.74, 6) is 0. The molecule has 1 amide bonds. The number of allylic oxidation sites excluding steroid dienone is 2. The molecule has 0 saturated heterocycles. The van der Waals surface area contributed by atoms with Crippen molar-refractivity contribution in [3.05, 3.63) is 12.2 Å². The molecule has 0 aromatic carbocycles. The van der Waals surface area contributed by atoms with Crippen LogP contribution in [-0.4, -0.2) is 18.9 Å². The van der Waals surface area contributed by atoms with Crippen molar-refractivity contribution in [1.82, 2.24) is 5.32 Å². The number of amides is 1. The van der Waals surface area contributed by atoms with Crippen LogP contribution in [-0.2, 0) is 4.84 Å². The second-order valence-electron chi connectivity index (χ2n) is 2.41. The van der Waals surface area contributed by atoms with Crippen LogP contribution in [0.2, 0.25) is 0 Å². The third-order valence-corrected chi connectivity index (χ3v) is 1.46. The first-order chi connectivity index (χ1) is 6.24.